The molecule has 0 fully saturated rings. The predicted octanol–water partition coefficient (Wildman–Crippen LogP) is 4.06. The van der Waals surface area contributed by atoms with E-state index in [1.54, 1.807) is 12.1 Å². The number of hydrogen-bond donors (Lipinski definition) is 1. The van der Waals surface area contributed by atoms with Gasteiger partial charge in [-0.1, -0.05) is 36.7 Å². The van der Waals surface area contributed by atoms with Gasteiger partial charge in [-0.2, -0.15) is 0 Å². The normalized spacial score (nSPS) is 12.5. The molecule has 1 aromatic carbocycles. The minimum Gasteiger partial charge on any atom is -0.379 e. The van der Waals surface area contributed by atoms with Crippen molar-refractivity contribution in [1.82, 2.24) is 0 Å². The number of halogens is 1. The molecule has 0 radical (unpaired) electrons. The van der Waals surface area contributed by atoms with Crippen molar-refractivity contribution in [3.05, 3.63) is 32.8 Å². The highest BCUT2D eigenvalue weighted by Gasteiger charge is 2.15. The molecule has 0 aromatic heterocycles. The van der Waals surface area contributed by atoms with Gasteiger partial charge in [0.1, 0.15) is 5.69 Å². The molecule has 0 amide bonds. The SMILES string of the molecule is CC(C)C(C)CNc1ccc(Br)cc1[N+](=O)[O-]. The van der Waals surface area contributed by atoms with Crippen LogP contribution in [0.2, 0.25) is 0 Å². The Morgan fingerprint density at radius 2 is 2.06 bits per heavy atom. The Morgan fingerprint density at radius 3 is 2.59 bits per heavy atom. The van der Waals surface area contributed by atoms with E-state index in [2.05, 4.69) is 42.0 Å². The van der Waals surface area contributed by atoms with Crippen LogP contribution < -0.4 is 5.32 Å². The first-order valence-corrected chi connectivity index (χ1v) is 6.39. The van der Waals surface area contributed by atoms with E-state index in [1.807, 2.05) is 0 Å². The van der Waals surface area contributed by atoms with Crippen molar-refractivity contribution in [1.29, 1.82) is 0 Å². The summed E-state index contributed by atoms with van der Waals surface area (Å²) in [6.45, 7) is 7.15. The molecule has 17 heavy (non-hydrogen) atoms. The minimum atomic E-state index is -0.368. The van der Waals surface area contributed by atoms with Gasteiger partial charge in [0.15, 0.2) is 0 Å². The molecule has 1 aromatic rings. The average molecular weight is 301 g/mol. The summed E-state index contributed by atoms with van der Waals surface area (Å²) < 4.78 is 0.714. The Kier molecular flexibility index (Phi) is 4.93. The summed E-state index contributed by atoms with van der Waals surface area (Å²) in [6.07, 6.45) is 0. The smallest absolute Gasteiger partial charge is 0.293 e. The summed E-state index contributed by atoms with van der Waals surface area (Å²) in [5, 5.41) is 14.0. The highest BCUT2D eigenvalue weighted by atomic mass is 79.9. The van der Waals surface area contributed by atoms with Gasteiger partial charge in [-0.3, -0.25) is 10.1 Å². The third-order valence-electron chi connectivity index (χ3n) is 2.91. The number of benzene rings is 1. The fourth-order valence-corrected chi connectivity index (χ4v) is 1.66. The Labute approximate surface area is 110 Å². The number of anilines is 1. The van der Waals surface area contributed by atoms with Crippen LogP contribution in [-0.2, 0) is 0 Å². The maximum Gasteiger partial charge on any atom is 0.293 e. The quantitative estimate of drug-likeness (QED) is 0.659. The Morgan fingerprint density at radius 1 is 1.41 bits per heavy atom. The lowest BCUT2D eigenvalue weighted by molar-refractivity contribution is -0.384. The molecule has 1 N–H and O–H groups in total. The number of nitro benzene ring substituents is 1. The van der Waals surface area contributed by atoms with E-state index in [4.69, 9.17) is 0 Å². The van der Waals surface area contributed by atoms with E-state index in [9.17, 15) is 10.1 Å². The number of hydrogen-bond acceptors (Lipinski definition) is 3. The van der Waals surface area contributed by atoms with Gasteiger partial charge in [-0.25, -0.2) is 0 Å². The largest absolute Gasteiger partial charge is 0.379 e. The molecule has 0 saturated carbocycles. The fraction of sp³-hybridized carbons (Fsp3) is 0.500. The highest BCUT2D eigenvalue weighted by molar-refractivity contribution is 9.10. The molecule has 1 rings (SSSR count). The van der Waals surface area contributed by atoms with Crippen LogP contribution in [0, 0.1) is 22.0 Å². The first-order chi connectivity index (χ1) is 7.91. The summed E-state index contributed by atoms with van der Waals surface area (Å²) in [4.78, 5) is 10.5. The second-order valence-corrected chi connectivity index (χ2v) is 5.44. The maximum atomic E-state index is 10.9. The van der Waals surface area contributed by atoms with E-state index < -0.39 is 0 Å². The van der Waals surface area contributed by atoms with Gasteiger partial charge in [-0.05, 0) is 24.0 Å². The first kappa shape index (κ1) is 14.0. The summed E-state index contributed by atoms with van der Waals surface area (Å²) in [7, 11) is 0. The lowest BCUT2D eigenvalue weighted by atomic mass is 9.98. The van der Waals surface area contributed by atoms with Gasteiger partial charge in [0, 0.05) is 17.1 Å². The second-order valence-electron chi connectivity index (χ2n) is 4.52. The van der Waals surface area contributed by atoms with Crippen LogP contribution in [0.5, 0.6) is 0 Å². The molecule has 0 aliphatic carbocycles. The van der Waals surface area contributed by atoms with Crippen LogP contribution in [0.4, 0.5) is 11.4 Å². The van der Waals surface area contributed by atoms with Gasteiger partial charge < -0.3 is 5.32 Å². The predicted molar refractivity (Wildman–Crippen MR) is 73.3 cm³/mol. The number of nitrogens with zero attached hydrogens (tertiary/aromatic N) is 1. The number of nitrogens with one attached hydrogen (secondary N) is 1. The van der Waals surface area contributed by atoms with Crippen molar-refractivity contribution in [2.75, 3.05) is 11.9 Å². The lowest BCUT2D eigenvalue weighted by Gasteiger charge is -2.16. The van der Waals surface area contributed by atoms with E-state index in [-0.39, 0.29) is 10.6 Å². The van der Waals surface area contributed by atoms with E-state index in [1.165, 1.54) is 6.07 Å². The van der Waals surface area contributed by atoms with Crippen molar-refractivity contribution in [3.63, 3.8) is 0 Å². The topological polar surface area (TPSA) is 55.2 Å². The summed E-state index contributed by atoms with van der Waals surface area (Å²) in [5.74, 6) is 1.02. The third kappa shape index (κ3) is 4.00. The van der Waals surface area contributed by atoms with E-state index in [0.29, 0.717) is 22.0 Å². The van der Waals surface area contributed by atoms with Crippen molar-refractivity contribution in [2.45, 2.75) is 20.8 Å². The lowest BCUT2D eigenvalue weighted by Crippen LogP contribution is -2.16. The van der Waals surface area contributed by atoms with E-state index >= 15 is 0 Å². The maximum absolute atomic E-state index is 10.9. The van der Waals surface area contributed by atoms with Crippen LogP contribution in [-0.4, -0.2) is 11.5 Å². The van der Waals surface area contributed by atoms with Gasteiger partial charge in [0.25, 0.3) is 5.69 Å². The minimum absolute atomic E-state index is 0.107. The molecular weight excluding hydrogens is 284 g/mol. The second kappa shape index (κ2) is 6.00. The molecule has 4 nitrogen and oxygen atoms in total. The van der Waals surface area contributed by atoms with Gasteiger partial charge >= 0.3 is 0 Å². The Hall–Kier alpha value is -1.10. The Balaban J connectivity index is 2.80. The van der Waals surface area contributed by atoms with Crippen LogP contribution in [0.25, 0.3) is 0 Å². The molecular formula is C12H17BrN2O2. The average Bonchev–Trinajstić information content (AvgIpc) is 2.26. The van der Waals surface area contributed by atoms with Crippen LogP contribution in [0.1, 0.15) is 20.8 Å². The molecule has 0 aliphatic rings. The number of nitro groups is 1. The van der Waals surface area contributed by atoms with Gasteiger partial charge in [-0.15, -0.1) is 0 Å². The van der Waals surface area contributed by atoms with Crippen LogP contribution >= 0.6 is 15.9 Å². The molecule has 0 bridgehead atoms. The standard InChI is InChI=1S/C12H17BrN2O2/c1-8(2)9(3)7-14-11-5-4-10(13)6-12(11)15(16)17/h4-6,8-9,14H,7H2,1-3H3. The van der Waals surface area contributed by atoms with Gasteiger partial charge in [0.05, 0.1) is 4.92 Å². The zero-order valence-electron chi connectivity index (χ0n) is 10.2. The van der Waals surface area contributed by atoms with Gasteiger partial charge in [0.2, 0.25) is 0 Å². The van der Waals surface area contributed by atoms with Crippen molar-refractivity contribution < 1.29 is 4.92 Å². The monoisotopic (exact) mass is 300 g/mol. The van der Waals surface area contributed by atoms with E-state index in [0.717, 1.165) is 6.54 Å². The molecule has 1 unspecified atom stereocenters. The molecule has 0 spiro atoms. The molecule has 0 saturated heterocycles. The molecule has 1 atom stereocenters. The summed E-state index contributed by atoms with van der Waals surface area (Å²) >= 11 is 3.24. The van der Waals surface area contributed by atoms with Crippen molar-refractivity contribution >= 4 is 27.3 Å². The summed E-state index contributed by atoms with van der Waals surface area (Å²) in [6, 6.07) is 5.05. The molecule has 5 heteroatoms. The zero-order chi connectivity index (χ0) is 13.0. The summed E-state index contributed by atoms with van der Waals surface area (Å²) in [5.41, 5.74) is 0.682. The molecule has 0 aliphatic heterocycles. The molecule has 0 heterocycles. The van der Waals surface area contributed by atoms with Crippen molar-refractivity contribution in [3.8, 4) is 0 Å². The first-order valence-electron chi connectivity index (χ1n) is 5.59. The Bertz CT molecular complexity index is 407. The highest BCUT2D eigenvalue weighted by Crippen LogP contribution is 2.28. The van der Waals surface area contributed by atoms with Crippen LogP contribution in [0.3, 0.4) is 0 Å². The van der Waals surface area contributed by atoms with Crippen molar-refractivity contribution in [2.24, 2.45) is 11.8 Å². The molecule has 94 valence electrons. The zero-order valence-corrected chi connectivity index (χ0v) is 11.8. The number of rotatable bonds is 5. The third-order valence-corrected chi connectivity index (χ3v) is 3.40. The van der Waals surface area contributed by atoms with Crippen LogP contribution in [0.15, 0.2) is 22.7 Å². The fourth-order valence-electron chi connectivity index (χ4n) is 1.31.